The lowest BCUT2D eigenvalue weighted by molar-refractivity contribution is 0.0601. The number of hydrogen-bond donors (Lipinski definition) is 2. The number of nitrogens with zero attached hydrogens (tertiary/aromatic N) is 2. The van der Waals surface area contributed by atoms with E-state index in [-0.39, 0.29) is 22.6 Å². The standard InChI is InChI=1S/C25H27ClN4O2/c1-15-10-16(2)21(11-20(15)24(29)23(26)22(28)8-9-32-3)25(31)30-13-19(14-30)18-6-4-17(12-27)5-7-18/h4-7,10-11,19,28H,8-9,13-14,29H2,1-3H3/b24-23+,28-22?. The van der Waals surface area contributed by atoms with Gasteiger partial charge in [0.25, 0.3) is 5.91 Å². The summed E-state index contributed by atoms with van der Waals surface area (Å²) in [7, 11) is 1.57. The zero-order chi connectivity index (χ0) is 23.4. The Labute approximate surface area is 193 Å². The molecule has 7 heteroatoms. The number of rotatable bonds is 7. The minimum atomic E-state index is -0.0490. The Balaban J connectivity index is 1.79. The van der Waals surface area contributed by atoms with Gasteiger partial charge in [-0.15, -0.1) is 0 Å². The van der Waals surface area contributed by atoms with Gasteiger partial charge in [0.15, 0.2) is 0 Å². The summed E-state index contributed by atoms with van der Waals surface area (Å²) in [4.78, 5) is 15.0. The molecule has 1 aliphatic rings. The first-order valence-corrected chi connectivity index (χ1v) is 10.8. The number of ether oxygens (including phenoxy) is 1. The number of hydrogen-bond acceptors (Lipinski definition) is 5. The molecule has 0 radical (unpaired) electrons. The molecular formula is C25H27ClN4O2. The number of nitrogens with one attached hydrogen (secondary N) is 1. The van der Waals surface area contributed by atoms with Gasteiger partial charge in [-0.1, -0.05) is 29.8 Å². The smallest absolute Gasteiger partial charge is 0.254 e. The van der Waals surface area contributed by atoms with Gasteiger partial charge in [0.2, 0.25) is 0 Å². The molecule has 0 bridgehead atoms. The van der Waals surface area contributed by atoms with Crippen molar-refractivity contribution in [3.8, 4) is 6.07 Å². The van der Waals surface area contributed by atoms with Crippen molar-refractivity contribution in [2.45, 2.75) is 26.2 Å². The van der Waals surface area contributed by atoms with Crippen molar-refractivity contribution < 1.29 is 9.53 Å². The second-order valence-electron chi connectivity index (χ2n) is 8.07. The topological polar surface area (TPSA) is 103 Å². The van der Waals surface area contributed by atoms with Crippen LogP contribution in [0.5, 0.6) is 0 Å². The molecule has 32 heavy (non-hydrogen) atoms. The Hall–Kier alpha value is -3.14. The molecule has 1 aliphatic heterocycles. The highest BCUT2D eigenvalue weighted by molar-refractivity contribution is 6.46. The molecule has 1 fully saturated rings. The number of carbonyl (C=O) groups is 1. The fraction of sp³-hybridized carbons (Fsp3) is 0.320. The molecule has 6 nitrogen and oxygen atoms in total. The van der Waals surface area contributed by atoms with E-state index in [4.69, 9.17) is 32.7 Å². The third-order valence-corrected chi connectivity index (χ3v) is 6.26. The van der Waals surface area contributed by atoms with E-state index in [1.807, 2.05) is 36.9 Å². The van der Waals surface area contributed by atoms with Crippen LogP contribution in [0.3, 0.4) is 0 Å². The fourth-order valence-electron chi connectivity index (χ4n) is 3.82. The van der Waals surface area contributed by atoms with Gasteiger partial charge < -0.3 is 20.8 Å². The number of carbonyl (C=O) groups excluding carboxylic acids is 1. The highest BCUT2D eigenvalue weighted by Gasteiger charge is 2.33. The second-order valence-corrected chi connectivity index (χ2v) is 8.45. The summed E-state index contributed by atoms with van der Waals surface area (Å²) in [6.45, 7) is 5.46. The maximum absolute atomic E-state index is 13.2. The SMILES string of the molecule is COCCC(=N)/C(Cl)=C(\N)c1cc(C(=O)N2CC(c3ccc(C#N)cc3)C2)c(C)cc1C. The molecular weight excluding hydrogens is 424 g/mol. The van der Waals surface area contributed by atoms with Crippen LogP contribution in [0, 0.1) is 30.6 Å². The fourth-order valence-corrected chi connectivity index (χ4v) is 4.02. The van der Waals surface area contributed by atoms with E-state index in [0.29, 0.717) is 48.5 Å². The first kappa shape index (κ1) is 23.5. The molecule has 2 aromatic carbocycles. The van der Waals surface area contributed by atoms with E-state index < -0.39 is 0 Å². The summed E-state index contributed by atoms with van der Waals surface area (Å²) in [6, 6.07) is 13.3. The average molecular weight is 451 g/mol. The number of likely N-dealkylation sites (tertiary alicyclic amines) is 1. The molecule has 1 saturated heterocycles. The highest BCUT2D eigenvalue weighted by atomic mass is 35.5. The first-order valence-electron chi connectivity index (χ1n) is 10.4. The molecule has 2 aromatic rings. The predicted molar refractivity (Wildman–Crippen MR) is 127 cm³/mol. The molecule has 0 unspecified atom stereocenters. The Morgan fingerprint density at radius 3 is 2.44 bits per heavy atom. The monoisotopic (exact) mass is 450 g/mol. The maximum atomic E-state index is 13.2. The van der Waals surface area contributed by atoms with Crippen LogP contribution >= 0.6 is 11.6 Å². The third kappa shape index (κ3) is 4.85. The molecule has 3 N–H and O–H groups in total. The van der Waals surface area contributed by atoms with E-state index in [9.17, 15) is 4.79 Å². The van der Waals surface area contributed by atoms with Crippen LogP contribution in [0.2, 0.25) is 0 Å². The van der Waals surface area contributed by atoms with Crippen molar-refractivity contribution >= 4 is 28.9 Å². The van der Waals surface area contributed by atoms with E-state index >= 15 is 0 Å². The molecule has 1 heterocycles. The zero-order valence-corrected chi connectivity index (χ0v) is 19.3. The molecule has 0 aromatic heterocycles. The van der Waals surface area contributed by atoms with Crippen molar-refractivity contribution in [3.05, 3.63) is 74.8 Å². The Kier molecular flexibility index (Phi) is 7.34. The number of amides is 1. The van der Waals surface area contributed by atoms with Crippen LogP contribution in [0.4, 0.5) is 0 Å². The Bertz CT molecular complexity index is 1110. The van der Waals surface area contributed by atoms with E-state index in [0.717, 1.165) is 16.7 Å². The summed E-state index contributed by atoms with van der Waals surface area (Å²) >= 11 is 6.36. The predicted octanol–water partition coefficient (Wildman–Crippen LogP) is 4.34. The molecule has 0 spiro atoms. The van der Waals surface area contributed by atoms with Gasteiger partial charge in [-0.2, -0.15) is 5.26 Å². The second kappa shape index (κ2) is 9.99. The number of aryl methyl sites for hydroxylation is 2. The van der Waals surface area contributed by atoms with Crippen LogP contribution in [-0.4, -0.2) is 43.3 Å². The van der Waals surface area contributed by atoms with Crippen LogP contribution in [0.15, 0.2) is 41.4 Å². The molecule has 166 valence electrons. The van der Waals surface area contributed by atoms with Gasteiger partial charge in [-0.05, 0) is 48.7 Å². The molecule has 0 aliphatic carbocycles. The van der Waals surface area contributed by atoms with Crippen molar-refractivity contribution in [2.24, 2.45) is 5.73 Å². The average Bonchev–Trinajstić information content (AvgIpc) is 2.75. The normalized spacial score (nSPS) is 14.4. The molecule has 3 rings (SSSR count). The molecule has 0 saturated carbocycles. The highest BCUT2D eigenvalue weighted by Crippen LogP contribution is 2.31. The first-order chi connectivity index (χ1) is 15.3. The number of methoxy groups -OCH3 is 1. The summed E-state index contributed by atoms with van der Waals surface area (Å²) in [6.07, 6.45) is 0.358. The van der Waals surface area contributed by atoms with Crippen LogP contribution in [-0.2, 0) is 4.74 Å². The number of nitrogens with two attached hydrogens (primary N) is 1. The minimum Gasteiger partial charge on any atom is -0.397 e. The lowest BCUT2D eigenvalue weighted by Crippen LogP contribution is -2.48. The Morgan fingerprint density at radius 2 is 1.84 bits per heavy atom. The number of allylic oxidation sites excluding steroid dienone is 1. The minimum absolute atomic E-state index is 0.0490. The lowest BCUT2D eigenvalue weighted by atomic mass is 9.89. The zero-order valence-electron chi connectivity index (χ0n) is 18.5. The maximum Gasteiger partial charge on any atom is 0.254 e. The lowest BCUT2D eigenvalue weighted by Gasteiger charge is -2.40. The van der Waals surface area contributed by atoms with Gasteiger partial charge in [0.05, 0.1) is 34.7 Å². The van der Waals surface area contributed by atoms with Crippen molar-refractivity contribution in [1.29, 1.82) is 10.7 Å². The van der Waals surface area contributed by atoms with Gasteiger partial charge in [-0.25, -0.2) is 0 Å². The van der Waals surface area contributed by atoms with Crippen molar-refractivity contribution in [3.63, 3.8) is 0 Å². The van der Waals surface area contributed by atoms with Gasteiger partial charge in [0, 0.05) is 43.7 Å². The van der Waals surface area contributed by atoms with Crippen LogP contribution in [0.1, 0.15) is 50.5 Å². The molecule has 0 atom stereocenters. The van der Waals surface area contributed by atoms with E-state index in [1.165, 1.54) is 0 Å². The number of nitriles is 1. The van der Waals surface area contributed by atoms with Crippen LogP contribution in [0.25, 0.3) is 5.70 Å². The van der Waals surface area contributed by atoms with E-state index in [1.54, 1.807) is 25.3 Å². The van der Waals surface area contributed by atoms with Crippen LogP contribution < -0.4 is 5.73 Å². The third-order valence-electron chi connectivity index (χ3n) is 5.83. The summed E-state index contributed by atoms with van der Waals surface area (Å²) < 4.78 is 5.01. The number of benzene rings is 2. The van der Waals surface area contributed by atoms with Gasteiger partial charge in [-0.3, -0.25) is 4.79 Å². The quantitative estimate of drug-likeness (QED) is 0.612. The van der Waals surface area contributed by atoms with Crippen molar-refractivity contribution in [2.75, 3.05) is 26.8 Å². The molecule has 1 amide bonds. The Morgan fingerprint density at radius 1 is 1.22 bits per heavy atom. The van der Waals surface area contributed by atoms with Crippen molar-refractivity contribution in [1.82, 2.24) is 4.90 Å². The summed E-state index contributed by atoms with van der Waals surface area (Å²) in [5.74, 6) is 0.213. The van der Waals surface area contributed by atoms with E-state index in [2.05, 4.69) is 6.07 Å². The largest absolute Gasteiger partial charge is 0.397 e. The summed E-state index contributed by atoms with van der Waals surface area (Å²) in [5.41, 5.74) is 11.6. The summed E-state index contributed by atoms with van der Waals surface area (Å²) in [5, 5.41) is 17.2. The number of halogens is 1. The van der Waals surface area contributed by atoms with Gasteiger partial charge >= 0.3 is 0 Å². The van der Waals surface area contributed by atoms with Gasteiger partial charge in [0.1, 0.15) is 0 Å².